The van der Waals surface area contributed by atoms with E-state index >= 15 is 0 Å². The van der Waals surface area contributed by atoms with Crippen molar-refractivity contribution in [2.75, 3.05) is 26.9 Å². The highest BCUT2D eigenvalue weighted by molar-refractivity contribution is 14.0. The summed E-state index contributed by atoms with van der Waals surface area (Å²) in [6.07, 6.45) is -4.38. The molecular formula is C13H19F3IN3O2. The van der Waals surface area contributed by atoms with Crippen molar-refractivity contribution in [3.63, 3.8) is 0 Å². The molecule has 0 aliphatic rings. The Balaban J connectivity index is 0.00000441. The zero-order valence-corrected chi connectivity index (χ0v) is 14.4. The number of halogens is 4. The summed E-state index contributed by atoms with van der Waals surface area (Å²) in [5.74, 6) is 0.334. The molecule has 0 saturated carbocycles. The first-order valence-corrected chi connectivity index (χ1v) is 6.22. The number of nitrogens with zero attached hydrogens (tertiary/aromatic N) is 1. The van der Waals surface area contributed by atoms with Gasteiger partial charge in [-0.05, 0) is 6.07 Å². The zero-order valence-electron chi connectivity index (χ0n) is 12.0. The fourth-order valence-electron chi connectivity index (χ4n) is 1.44. The fourth-order valence-corrected chi connectivity index (χ4v) is 1.44. The number of benzene rings is 1. The molecule has 0 unspecified atom stereocenters. The standard InChI is InChI=1S/C13H18F3N3O2.HI/c1-20-7-6-18-12(17)19-8-10-4-2-3-5-11(10)21-9-13(14,15)16;/h2-5H,6-9H2,1H3,(H3,17,18,19);1H. The molecule has 22 heavy (non-hydrogen) atoms. The number of ether oxygens (including phenoxy) is 2. The molecule has 0 aromatic heterocycles. The van der Waals surface area contributed by atoms with Crippen molar-refractivity contribution in [3.8, 4) is 5.75 Å². The Morgan fingerprint density at radius 1 is 1.32 bits per heavy atom. The van der Waals surface area contributed by atoms with Crippen LogP contribution < -0.4 is 15.8 Å². The van der Waals surface area contributed by atoms with Gasteiger partial charge in [0.2, 0.25) is 0 Å². The third kappa shape index (κ3) is 8.93. The normalized spacial score (nSPS) is 11.7. The Bertz CT molecular complexity index is 470. The van der Waals surface area contributed by atoms with E-state index in [-0.39, 0.29) is 42.2 Å². The second-order valence-corrected chi connectivity index (χ2v) is 4.13. The summed E-state index contributed by atoms with van der Waals surface area (Å²) in [5, 5.41) is 2.81. The number of methoxy groups -OCH3 is 1. The summed E-state index contributed by atoms with van der Waals surface area (Å²) in [4.78, 5) is 4.04. The lowest BCUT2D eigenvalue weighted by Gasteiger charge is -2.12. The van der Waals surface area contributed by atoms with E-state index in [2.05, 4.69) is 10.3 Å². The van der Waals surface area contributed by atoms with Crippen LogP contribution in [0.25, 0.3) is 0 Å². The first-order chi connectivity index (χ1) is 9.92. The summed E-state index contributed by atoms with van der Waals surface area (Å²) in [5.41, 5.74) is 6.14. The van der Waals surface area contributed by atoms with Crippen molar-refractivity contribution >= 4 is 29.9 Å². The molecule has 5 nitrogen and oxygen atoms in total. The van der Waals surface area contributed by atoms with Crippen LogP contribution in [0.15, 0.2) is 29.3 Å². The number of nitrogens with two attached hydrogens (primary N) is 1. The highest BCUT2D eigenvalue weighted by Crippen LogP contribution is 2.22. The summed E-state index contributed by atoms with van der Waals surface area (Å²) in [6, 6.07) is 6.39. The quantitative estimate of drug-likeness (QED) is 0.300. The second-order valence-electron chi connectivity index (χ2n) is 4.13. The van der Waals surface area contributed by atoms with Gasteiger partial charge in [0.05, 0.1) is 13.2 Å². The van der Waals surface area contributed by atoms with Crippen LogP contribution >= 0.6 is 24.0 Å². The molecule has 0 amide bonds. The predicted octanol–water partition coefficient (Wildman–Crippen LogP) is 2.30. The lowest BCUT2D eigenvalue weighted by atomic mass is 10.2. The Hall–Kier alpha value is -1.23. The number of para-hydroxylation sites is 1. The number of alkyl halides is 3. The minimum absolute atomic E-state index is 0. The van der Waals surface area contributed by atoms with Gasteiger partial charge in [0.15, 0.2) is 12.6 Å². The number of hydrogen-bond donors (Lipinski definition) is 2. The summed E-state index contributed by atoms with van der Waals surface area (Å²) < 4.78 is 46.1. The van der Waals surface area contributed by atoms with Crippen LogP contribution in [0.4, 0.5) is 13.2 Å². The Morgan fingerprint density at radius 3 is 2.64 bits per heavy atom. The van der Waals surface area contributed by atoms with Gasteiger partial charge in [0.25, 0.3) is 0 Å². The summed E-state index contributed by atoms with van der Waals surface area (Å²) in [7, 11) is 1.56. The lowest BCUT2D eigenvalue weighted by molar-refractivity contribution is -0.153. The largest absolute Gasteiger partial charge is 0.484 e. The molecule has 0 bridgehead atoms. The molecular weight excluding hydrogens is 414 g/mol. The molecule has 0 aliphatic carbocycles. The van der Waals surface area contributed by atoms with Crippen molar-refractivity contribution in [2.24, 2.45) is 10.7 Å². The van der Waals surface area contributed by atoms with E-state index in [4.69, 9.17) is 15.2 Å². The van der Waals surface area contributed by atoms with Crippen LogP contribution in [0.5, 0.6) is 5.75 Å². The van der Waals surface area contributed by atoms with E-state index in [9.17, 15) is 13.2 Å². The predicted molar refractivity (Wildman–Crippen MR) is 88.6 cm³/mol. The first kappa shape index (κ1) is 20.8. The third-order valence-corrected chi connectivity index (χ3v) is 2.40. The number of hydrogen-bond acceptors (Lipinski definition) is 3. The second kappa shape index (κ2) is 10.5. The average molecular weight is 433 g/mol. The Morgan fingerprint density at radius 2 is 2.00 bits per heavy atom. The maximum Gasteiger partial charge on any atom is 0.422 e. The third-order valence-electron chi connectivity index (χ3n) is 2.40. The molecule has 9 heteroatoms. The van der Waals surface area contributed by atoms with Gasteiger partial charge < -0.3 is 20.5 Å². The van der Waals surface area contributed by atoms with E-state index in [1.165, 1.54) is 6.07 Å². The van der Waals surface area contributed by atoms with Crippen LogP contribution in [0.3, 0.4) is 0 Å². The minimum Gasteiger partial charge on any atom is -0.484 e. The Labute approximate surface area is 144 Å². The van der Waals surface area contributed by atoms with Crippen molar-refractivity contribution in [2.45, 2.75) is 12.7 Å². The van der Waals surface area contributed by atoms with Gasteiger partial charge in [0.1, 0.15) is 5.75 Å². The Kier molecular flexibility index (Phi) is 9.90. The van der Waals surface area contributed by atoms with E-state index in [0.29, 0.717) is 18.7 Å². The van der Waals surface area contributed by atoms with Gasteiger partial charge >= 0.3 is 6.18 Å². The van der Waals surface area contributed by atoms with Crippen LogP contribution in [-0.4, -0.2) is 39.0 Å². The SMILES string of the molecule is COCCNC(N)=NCc1ccccc1OCC(F)(F)F.I. The van der Waals surface area contributed by atoms with Crippen LogP contribution in [0.1, 0.15) is 5.56 Å². The topological polar surface area (TPSA) is 68.9 Å². The maximum absolute atomic E-state index is 12.2. The van der Waals surface area contributed by atoms with Crippen LogP contribution in [0, 0.1) is 0 Å². The zero-order chi connectivity index (χ0) is 15.7. The average Bonchev–Trinajstić information content (AvgIpc) is 2.43. The lowest BCUT2D eigenvalue weighted by Crippen LogP contribution is -2.34. The molecule has 0 aliphatic heterocycles. The number of nitrogens with one attached hydrogen (secondary N) is 1. The molecule has 0 atom stereocenters. The molecule has 0 saturated heterocycles. The maximum atomic E-state index is 12.2. The molecule has 1 aromatic carbocycles. The van der Waals surface area contributed by atoms with Gasteiger partial charge in [-0.2, -0.15) is 13.2 Å². The fraction of sp³-hybridized carbons (Fsp3) is 0.462. The highest BCUT2D eigenvalue weighted by Gasteiger charge is 2.28. The molecule has 0 heterocycles. The van der Waals surface area contributed by atoms with Crippen molar-refractivity contribution in [1.82, 2.24) is 5.32 Å². The first-order valence-electron chi connectivity index (χ1n) is 6.22. The molecule has 3 N–H and O–H groups in total. The van der Waals surface area contributed by atoms with Crippen LogP contribution in [-0.2, 0) is 11.3 Å². The van der Waals surface area contributed by atoms with E-state index < -0.39 is 12.8 Å². The summed E-state index contributed by atoms with van der Waals surface area (Å²) >= 11 is 0. The molecule has 1 rings (SSSR count). The molecule has 1 aromatic rings. The number of rotatable bonds is 7. The number of guanidine groups is 1. The van der Waals surface area contributed by atoms with Gasteiger partial charge in [0, 0.05) is 19.2 Å². The number of aliphatic imine (C=N–C) groups is 1. The van der Waals surface area contributed by atoms with Crippen molar-refractivity contribution in [3.05, 3.63) is 29.8 Å². The van der Waals surface area contributed by atoms with Gasteiger partial charge in [-0.1, -0.05) is 18.2 Å². The molecule has 0 radical (unpaired) electrons. The molecule has 0 fully saturated rings. The summed E-state index contributed by atoms with van der Waals surface area (Å²) in [6.45, 7) is -0.241. The van der Waals surface area contributed by atoms with E-state index in [0.717, 1.165) is 0 Å². The van der Waals surface area contributed by atoms with E-state index in [1.807, 2.05) is 0 Å². The van der Waals surface area contributed by atoms with Gasteiger partial charge in [-0.3, -0.25) is 0 Å². The van der Waals surface area contributed by atoms with Gasteiger partial charge in [-0.25, -0.2) is 4.99 Å². The van der Waals surface area contributed by atoms with Crippen molar-refractivity contribution < 1.29 is 22.6 Å². The van der Waals surface area contributed by atoms with Crippen molar-refractivity contribution in [1.29, 1.82) is 0 Å². The van der Waals surface area contributed by atoms with Crippen LogP contribution in [0.2, 0.25) is 0 Å². The highest BCUT2D eigenvalue weighted by atomic mass is 127. The van der Waals surface area contributed by atoms with E-state index in [1.54, 1.807) is 25.3 Å². The minimum atomic E-state index is -4.38. The monoisotopic (exact) mass is 433 g/mol. The molecule has 126 valence electrons. The smallest absolute Gasteiger partial charge is 0.422 e. The van der Waals surface area contributed by atoms with Gasteiger partial charge in [-0.15, -0.1) is 24.0 Å². The molecule has 0 spiro atoms.